The van der Waals surface area contributed by atoms with Crippen LogP contribution < -0.4 is 4.74 Å². The Morgan fingerprint density at radius 3 is 2.51 bits per heavy atom. The maximum Gasteiger partial charge on any atom is 0.312 e. The Labute approximate surface area is 294 Å². The van der Waals surface area contributed by atoms with Crippen molar-refractivity contribution in [3.05, 3.63) is 53.9 Å². The van der Waals surface area contributed by atoms with Gasteiger partial charge in [-0.3, -0.25) is 9.48 Å². The predicted molar refractivity (Wildman–Crippen MR) is 191 cm³/mol. The van der Waals surface area contributed by atoms with Gasteiger partial charge in [-0.1, -0.05) is 83.5 Å². The largest absolute Gasteiger partial charge is 0.487 e. The molecule has 2 aromatic rings. The van der Waals surface area contributed by atoms with Gasteiger partial charge in [0, 0.05) is 13.0 Å². The van der Waals surface area contributed by atoms with E-state index in [1.165, 1.54) is 12.8 Å². The summed E-state index contributed by atoms with van der Waals surface area (Å²) in [6.07, 6.45) is 14.5. The number of aromatic nitrogens is 3. The number of aliphatic hydroxyl groups is 1. The summed E-state index contributed by atoms with van der Waals surface area (Å²) in [5, 5.41) is 19.6. The summed E-state index contributed by atoms with van der Waals surface area (Å²) in [5.41, 5.74) is 2.34. The second kappa shape index (κ2) is 12.5. The molecule has 1 unspecified atom stereocenters. The average molecular weight is 672 g/mol. The number of ether oxygens (including phenoxy) is 2. The van der Waals surface area contributed by atoms with Gasteiger partial charge in [0.05, 0.1) is 24.3 Å². The van der Waals surface area contributed by atoms with Crippen LogP contribution in [0.4, 0.5) is 0 Å². The van der Waals surface area contributed by atoms with Crippen molar-refractivity contribution in [2.45, 2.75) is 132 Å². The first-order valence-electron chi connectivity index (χ1n) is 19.4. The molecule has 4 fully saturated rings. The lowest BCUT2D eigenvalue weighted by Crippen LogP contribution is -2.65. The monoisotopic (exact) mass is 671 g/mol. The number of aryl methyl sites for hydroxylation is 1. The van der Waals surface area contributed by atoms with Crippen molar-refractivity contribution in [1.82, 2.24) is 15.0 Å². The number of nitrogens with zero attached hydrogens (tertiary/aromatic N) is 3. The Bertz CT molecular complexity index is 1550. The first kappa shape index (κ1) is 34.8. The molecule has 268 valence electrons. The van der Waals surface area contributed by atoms with Crippen molar-refractivity contribution >= 4 is 5.97 Å². The van der Waals surface area contributed by atoms with Crippen LogP contribution in [0.2, 0.25) is 0 Å². The summed E-state index contributed by atoms with van der Waals surface area (Å²) in [7, 11) is 0. The van der Waals surface area contributed by atoms with Gasteiger partial charge in [0.2, 0.25) is 0 Å². The first-order valence-corrected chi connectivity index (χ1v) is 19.4. The van der Waals surface area contributed by atoms with E-state index in [0.717, 1.165) is 56.4 Å². The molecule has 7 nitrogen and oxygen atoms in total. The van der Waals surface area contributed by atoms with Crippen molar-refractivity contribution in [3.8, 4) is 5.75 Å². The lowest BCUT2D eigenvalue weighted by atomic mass is 9.33. The normalized spacial score (nSPS) is 40.9. The zero-order chi connectivity index (χ0) is 34.8. The predicted octanol–water partition coefficient (Wildman–Crippen LogP) is 8.81. The van der Waals surface area contributed by atoms with E-state index in [0.29, 0.717) is 49.9 Å². The van der Waals surface area contributed by atoms with Crippen molar-refractivity contribution in [1.29, 1.82) is 0 Å². The second-order valence-corrected chi connectivity index (χ2v) is 18.2. The number of para-hydroxylation sites is 1. The number of rotatable bonds is 8. The van der Waals surface area contributed by atoms with Crippen LogP contribution in [0.15, 0.2) is 48.2 Å². The Hall–Kier alpha value is -2.67. The molecule has 5 aliphatic rings. The third-order valence-electron chi connectivity index (χ3n) is 15.9. The summed E-state index contributed by atoms with van der Waals surface area (Å²) in [6.45, 7) is 18.7. The molecule has 7 rings (SSSR count). The molecule has 10 atom stereocenters. The zero-order valence-corrected chi connectivity index (χ0v) is 31.2. The summed E-state index contributed by atoms with van der Waals surface area (Å²) in [4.78, 5) is 14.4. The van der Waals surface area contributed by atoms with Gasteiger partial charge in [-0.15, -0.1) is 5.10 Å². The molecule has 1 heterocycles. The molecule has 1 N–H and O–H groups in total. The maximum atomic E-state index is 14.4. The summed E-state index contributed by atoms with van der Waals surface area (Å²) in [6, 6.07) is 9.73. The highest BCUT2D eigenvalue weighted by molar-refractivity contribution is 5.79. The fourth-order valence-corrected chi connectivity index (χ4v) is 12.6. The summed E-state index contributed by atoms with van der Waals surface area (Å²) >= 11 is 0. The van der Waals surface area contributed by atoms with Crippen LogP contribution in [-0.4, -0.2) is 38.8 Å². The minimum atomic E-state index is -0.437. The zero-order valence-electron chi connectivity index (χ0n) is 31.2. The number of fused-ring (bicyclic) bond motifs is 7. The SMILES string of the molecule is C[C@H]1[C@H](C)CC[C@]2(C(=O)OCCCn3cc(COc4ccccc4)nn3)CC[C@]3(C)C(=CC[C@@H]4[C@@]5(C)CC[C@H](O)C(C)(C)C5CC[C@]43C)[C@H]12. The van der Waals surface area contributed by atoms with Gasteiger partial charge >= 0.3 is 5.97 Å². The van der Waals surface area contributed by atoms with Crippen molar-refractivity contribution < 1.29 is 19.4 Å². The molecule has 4 saturated carbocycles. The molecule has 1 aromatic heterocycles. The van der Waals surface area contributed by atoms with Gasteiger partial charge in [-0.2, -0.15) is 0 Å². The average Bonchev–Trinajstić information content (AvgIpc) is 3.54. The minimum absolute atomic E-state index is 0.0284. The topological polar surface area (TPSA) is 86.5 Å². The van der Waals surface area contributed by atoms with E-state index in [1.807, 2.05) is 41.2 Å². The Balaban J connectivity index is 1.06. The molecular formula is C42H61N3O4. The number of hydrogen-bond donors (Lipinski definition) is 1. The fraction of sp³-hybridized carbons (Fsp3) is 0.738. The van der Waals surface area contributed by atoms with Crippen molar-refractivity contribution in [3.63, 3.8) is 0 Å². The van der Waals surface area contributed by atoms with Crippen LogP contribution in [0.3, 0.4) is 0 Å². The molecule has 7 heteroatoms. The second-order valence-electron chi connectivity index (χ2n) is 18.2. The van der Waals surface area contributed by atoms with Gasteiger partial charge in [-0.05, 0) is 121 Å². The quantitative estimate of drug-likeness (QED) is 0.172. The van der Waals surface area contributed by atoms with Crippen LogP contribution >= 0.6 is 0 Å². The third kappa shape index (κ3) is 5.42. The van der Waals surface area contributed by atoms with Crippen LogP contribution in [0.5, 0.6) is 5.75 Å². The standard InChI is InChI=1S/C42H61N3O4/c1-28-16-21-42(37(47)48-25-11-24-45-26-30(43-44-45)27-49-31-12-9-8-10-13-31)23-22-40(6)32(36(42)29(28)2)14-15-34-39(5)19-18-35(46)38(3,4)33(39)17-20-41(34,40)7/h8-10,12-14,26,28-29,33-36,46H,11,15-25,27H2,1-7H3/t28-,29+,33?,34-,35+,36+,39+,40-,41-,42+/m1/s1. The Kier molecular flexibility index (Phi) is 8.89. The van der Waals surface area contributed by atoms with E-state index in [-0.39, 0.29) is 39.7 Å². The molecule has 0 amide bonds. The Morgan fingerprint density at radius 1 is 0.959 bits per heavy atom. The highest BCUT2D eigenvalue weighted by Crippen LogP contribution is 2.75. The highest BCUT2D eigenvalue weighted by Gasteiger charge is 2.69. The molecular weight excluding hydrogens is 610 g/mol. The van der Waals surface area contributed by atoms with Gasteiger partial charge < -0.3 is 14.6 Å². The Morgan fingerprint density at radius 2 is 1.73 bits per heavy atom. The number of carbonyl (C=O) groups is 1. The molecule has 0 saturated heterocycles. The molecule has 0 radical (unpaired) electrons. The maximum absolute atomic E-state index is 14.4. The smallest absolute Gasteiger partial charge is 0.312 e. The van der Waals surface area contributed by atoms with Gasteiger partial charge in [-0.25, -0.2) is 0 Å². The van der Waals surface area contributed by atoms with E-state index >= 15 is 0 Å². The molecule has 49 heavy (non-hydrogen) atoms. The summed E-state index contributed by atoms with van der Waals surface area (Å²) < 4.78 is 13.9. The summed E-state index contributed by atoms with van der Waals surface area (Å²) in [5.74, 6) is 3.23. The highest BCUT2D eigenvalue weighted by atomic mass is 16.5. The number of carbonyl (C=O) groups excluding carboxylic acids is 1. The van der Waals surface area contributed by atoms with E-state index in [2.05, 4.69) is 64.9 Å². The van der Waals surface area contributed by atoms with Crippen LogP contribution in [-0.2, 0) is 22.7 Å². The lowest BCUT2D eigenvalue weighted by Gasteiger charge is -2.71. The van der Waals surface area contributed by atoms with Crippen LogP contribution in [0, 0.1) is 56.7 Å². The molecule has 0 aliphatic heterocycles. The van der Waals surface area contributed by atoms with E-state index < -0.39 is 5.41 Å². The van der Waals surface area contributed by atoms with E-state index in [1.54, 1.807) is 5.57 Å². The molecule has 0 spiro atoms. The number of aliphatic hydroxyl groups excluding tert-OH is 1. The lowest BCUT2D eigenvalue weighted by molar-refractivity contribution is -0.207. The number of esters is 1. The number of benzene rings is 1. The van der Waals surface area contributed by atoms with E-state index in [4.69, 9.17) is 9.47 Å². The third-order valence-corrected chi connectivity index (χ3v) is 15.9. The van der Waals surface area contributed by atoms with Gasteiger partial charge in [0.15, 0.2) is 0 Å². The minimum Gasteiger partial charge on any atom is -0.487 e. The first-order chi connectivity index (χ1) is 23.3. The number of hydrogen-bond acceptors (Lipinski definition) is 6. The molecule has 1 aromatic carbocycles. The van der Waals surface area contributed by atoms with Crippen molar-refractivity contribution in [2.75, 3.05) is 6.61 Å². The van der Waals surface area contributed by atoms with E-state index in [9.17, 15) is 9.90 Å². The van der Waals surface area contributed by atoms with Crippen LogP contribution in [0.1, 0.15) is 118 Å². The molecule has 5 aliphatic carbocycles. The van der Waals surface area contributed by atoms with Gasteiger partial charge in [0.25, 0.3) is 0 Å². The van der Waals surface area contributed by atoms with Crippen LogP contribution in [0.25, 0.3) is 0 Å². The fourth-order valence-electron chi connectivity index (χ4n) is 12.6. The molecule has 0 bridgehead atoms. The number of allylic oxidation sites excluding steroid dienone is 2. The van der Waals surface area contributed by atoms with Crippen molar-refractivity contribution in [2.24, 2.45) is 56.7 Å². The van der Waals surface area contributed by atoms with Gasteiger partial charge in [0.1, 0.15) is 18.1 Å².